The summed E-state index contributed by atoms with van der Waals surface area (Å²) < 4.78 is 45.4. The van der Waals surface area contributed by atoms with Gasteiger partial charge in [0, 0.05) is 6.07 Å². The normalized spacial score (nSPS) is 14.9. The van der Waals surface area contributed by atoms with E-state index in [0.717, 1.165) is 20.6 Å². The maximum absolute atomic E-state index is 12.7. The van der Waals surface area contributed by atoms with Crippen LogP contribution in [0.5, 0.6) is 5.88 Å². The van der Waals surface area contributed by atoms with Crippen LogP contribution in [0, 0.1) is 0 Å². The number of nitrogens with zero attached hydrogens (tertiary/aromatic N) is 3. The lowest BCUT2D eigenvalue weighted by Crippen LogP contribution is -2.56. The molecule has 0 saturated carbocycles. The van der Waals surface area contributed by atoms with Gasteiger partial charge in [0.15, 0.2) is 4.34 Å². The zero-order valence-corrected chi connectivity index (χ0v) is 16.0. The van der Waals surface area contributed by atoms with Crippen molar-refractivity contribution in [3.05, 3.63) is 48.2 Å². The van der Waals surface area contributed by atoms with Gasteiger partial charge in [-0.1, -0.05) is 30.0 Å². The van der Waals surface area contributed by atoms with Gasteiger partial charge in [-0.25, -0.2) is 9.97 Å². The first-order valence-electron chi connectivity index (χ1n) is 8.35. The quantitative estimate of drug-likeness (QED) is 0.577. The molecule has 0 aliphatic carbocycles. The first-order valence-corrected chi connectivity index (χ1v) is 10.2. The smallest absolute Gasteiger partial charge is 0.433 e. The molecule has 1 aliphatic rings. The van der Waals surface area contributed by atoms with Gasteiger partial charge in [-0.05, 0) is 18.2 Å². The van der Waals surface area contributed by atoms with Gasteiger partial charge in [0.25, 0.3) is 0 Å². The minimum atomic E-state index is -4.52. The van der Waals surface area contributed by atoms with Gasteiger partial charge in [0.05, 0.1) is 29.1 Å². The van der Waals surface area contributed by atoms with Crippen molar-refractivity contribution in [2.75, 3.05) is 18.8 Å². The van der Waals surface area contributed by atoms with E-state index in [-0.39, 0.29) is 23.6 Å². The number of benzene rings is 1. The van der Waals surface area contributed by atoms with Crippen LogP contribution in [0.1, 0.15) is 5.69 Å². The van der Waals surface area contributed by atoms with Crippen molar-refractivity contribution in [1.82, 2.24) is 14.9 Å². The number of halogens is 3. The lowest BCUT2D eigenvalue weighted by atomic mass is 10.1. The van der Waals surface area contributed by atoms with E-state index in [1.54, 1.807) is 4.90 Å². The average molecular weight is 425 g/mol. The number of alkyl halides is 3. The summed E-state index contributed by atoms with van der Waals surface area (Å²) in [6.07, 6.45) is -4.87. The SMILES string of the molecule is O=C(CSc1nc2ccccc2s1)N1CC(Oc2cccc(C(F)(F)F)n2)C1. The molecule has 1 aliphatic heterocycles. The van der Waals surface area contributed by atoms with Gasteiger partial charge < -0.3 is 9.64 Å². The Bertz CT molecular complexity index is 970. The molecular formula is C18H14F3N3O2S2. The van der Waals surface area contributed by atoms with E-state index in [0.29, 0.717) is 13.1 Å². The number of thioether (sulfide) groups is 1. The third-order valence-corrected chi connectivity index (χ3v) is 6.26. The molecule has 0 unspecified atom stereocenters. The van der Waals surface area contributed by atoms with Crippen LogP contribution in [-0.4, -0.2) is 45.7 Å². The van der Waals surface area contributed by atoms with Crippen LogP contribution < -0.4 is 4.74 Å². The third kappa shape index (κ3) is 4.22. The molecule has 0 radical (unpaired) electrons. The van der Waals surface area contributed by atoms with E-state index in [9.17, 15) is 18.0 Å². The molecule has 3 aromatic rings. The van der Waals surface area contributed by atoms with Crippen LogP contribution in [0.3, 0.4) is 0 Å². The molecule has 1 amide bonds. The number of pyridine rings is 1. The summed E-state index contributed by atoms with van der Waals surface area (Å²) in [6.45, 7) is 0.661. The highest BCUT2D eigenvalue weighted by atomic mass is 32.2. The van der Waals surface area contributed by atoms with Crippen molar-refractivity contribution >= 4 is 39.2 Å². The number of amides is 1. The molecule has 5 nitrogen and oxygen atoms in total. The van der Waals surface area contributed by atoms with Gasteiger partial charge in [-0.15, -0.1) is 11.3 Å². The lowest BCUT2D eigenvalue weighted by molar-refractivity contribution is -0.141. The van der Waals surface area contributed by atoms with Gasteiger partial charge in [0.1, 0.15) is 11.8 Å². The van der Waals surface area contributed by atoms with Crippen LogP contribution in [0.25, 0.3) is 10.2 Å². The van der Waals surface area contributed by atoms with Crippen molar-refractivity contribution in [1.29, 1.82) is 0 Å². The zero-order chi connectivity index (χ0) is 19.7. The number of para-hydroxylation sites is 1. The summed E-state index contributed by atoms with van der Waals surface area (Å²) in [7, 11) is 0. The fourth-order valence-corrected chi connectivity index (χ4v) is 4.62. The molecule has 0 spiro atoms. The zero-order valence-electron chi connectivity index (χ0n) is 14.3. The van der Waals surface area contributed by atoms with Gasteiger partial charge in [0.2, 0.25) is 11.8 Å². The number of likely N-dealkylation sites (tertiary alicyclic amines) is 1. The molecule has 1 aromatic carbocycles. The summed E-state index contributed by atoms with van der Waals surface area (Å²) >= 11 is 2.92. The molecule has 1 saturated heterocycles. The molecule has 3 heterocycles. The van der Waals surface area contributed by atoms with E-state index in [4.69, 9.17) is 4.74 Å². The summed E-state index contributed by atoms with van der Waals surface area (Å²) in [4.78, 5) is 21.8. The number of aromatic nitrogens is 2. The number of carbonyl (C=O) groups excluding carboxylic acids is 1. The van der Waals surface area contributed by atoms with Crippen molar-refractivity contribution in [3.63, 3.8) is 0 Å². The second-order valence-electron chi connectivity index (χ2n) is 6.13. The molecule has 4 rings (SSSR count). The Hall–Kier alpha value is -2.33. The second kappa shape index (κ2) is 7.59. The minimum absolute atomic E-state index is 0.0545. The summed E-state index contributed by atoms with van der Waals surface area (Å²) in [5, 5.41) is 0. The van der Waals surface area contributed by atoms with E-state index < -0.39 is 11.9 Å². The van der Waals surface area contributed by atoms with Crippen LogP contribution in [0.2, 0.25) is 0 Å². The maximum Gasteiger partial charge on any atom is 0.433 e. The Morgan fingerprint density at radius 3 is 2.71 bits per heavy atom. The highest BCUT2D eigenvalue weighted by Crippen LogP contribution is 2.31. The molecule has 28 heavy (non-hydrogen) atoms. The van der Waals surface area contributed by atoms with Gasteiger partial charge in [-0.2, -0.15) is 13.2 Å². The van der Waals surface area contributed by atoms with E-state index in [1.165, 1.54) is 35.2 Å². The highest BCUT2D eigenvalue weighted by Gasteiger charge is 2.35. The first kappa shape index (κ1) is 19.0. The van der Waals surface area contributed by atoms with Gasteiger partial charge in [-0.3, -0.25) is 4.79 Å². The number of carbonyl (C=O) groups is 1. The number of hydrogen-bond donors (Lipinski definition) is 0. The minimum Gasteiger partial charge on any atom is -0.471 e. The standard InChI is InChI=1S/C18H14F3N3O2S2/c19-18(20,21)14-6-3-7-15(23-14)26-11-8-24(9-11)16(25)10-27-17-22-12-4-1-2-5-13(12)28-17/h1-7,11H,8-10H2. The van der Waals surface area contributed by atoms with Crippen molar-refractivity contribution in [3.8, 4) is 5.88 Å². The number of rotatable bonds is 5. The fraction of sp³-hybridized carbons (Fsp3) is 0.278. The number of thiazole rings is 1. The summed E-state index contributed by atoms with van der Waals surface area (Å²) in [6, 6.07) is 11.3. The summed E-state index contributed by atoms with van der Waals surface area (Å²) in [5.74, 6) is 0.117. The Morgan fingerprint density at radius 1 is 1.18 bits per heavy atom. The van der Waals surface area contributed by atoms with E-state index >= 15 is 0 Å². The largest absolute Gasteiger partial charge is 0.471 e. The topological polar surface area (TPSA) is 55.3 Å². The van der Waals surface area contributed by atoms with Crippen molar-refractivity contribution < 1.29 is 22.7 Å². The Labute approximate surface area is 166 Å². The van der Waals surface area contributed by atoms with E-state index in [2.05, 4.69) is 9.97 Å². The van der Waals surface area contributed by atoms with Crippen molar-refractivity contribution in [2.45, 2.75) is 16.6 Å². The lowest BCUT2D eigenvalue weighted by Gasteiger charge is -2.38. The predicted octanol–water partition coefficient (Wildman–Crippen LogP) is 4.09. The second-order valence-corrected chi connectivity index (χ2v) is 8.39. The first-order chi connectivity index (χ1) is 13.4. The van der Waals surface area contributed by atoms with Crippen LogP contribution >= 0.6 is 23.1 Å². The molecular weight excluding hydrogens is 411 g/mol. The van der Waals surface area contributed by atoms with Crippen molar-refractivity contribution in [2.24, 2.45) is 0 Å². The summed E-state index contributed by atoms with van der Waals surface area (Å²) in [5.41, 5.74) is -0.0852. The number of fused-ring (bicyclic) bond motifs is 1. The molecule has 2 aromatic heterocycles. The Morgan fingerprint density at radius 2 is 1.96 bits per heavy atom. The predicted molar refractivity (Wildman–Crippen MR) is 101 cm³/mol. The molecule has 1 fully saturated rings. The third-order valence-electron chi connectivity index (χ3n) is 4.10. The number of ether oxygens (including phenoxy) is 1. The number of hydrogen-bond acceptors (Lipinski definition) is 6. The Balaban J connectivity index is 1.26. The molecule has 0 atom stereocenters. The fourth-order valence-electron chi connectivity index (χ4n) is 2.65. The van der Waals surface area contributed by atoms with Crippen LogP contribution in [-0.2, 0) is 11.0 Å². The molecule has 146 valence electrons. The maximum atomic E-state index is 12.7. The van der Waals surface area contributed by atoms with E-state index in [1.807, 2.05) is 24.3 Å². The van der Waals surface area contributed by atoms with Gasteiger partial charge >= 0.3 is 6.18 Å². The molecule has 10 heteroatoms. The van der Waals surface area contributed by atoms with Crippen LogP contribution in [0.4, 0.5) is 13.2 Å². The average Bonchev–Trinajstić information content (AvgIpc) is 3.05. The van der Waals surface area contributed by atoms with Crippen LogP contribution in [0.15, 0.2) is 46.8 Å². The Kier molecular flexibility index (Phi) is 5.15. The monoisotopic (exact) mass is 425 g/mol. The molecule has 0 bridgehead atoms. The highest BCUT2D eigenvalue weighted by molar-refractivity contribution is 8.01. The molecule has 0 N–H and O–H groups in total.